The van der Waals surface area contributed by atoms with E-state index in [1.807, 2.05) is 0 Å². The van der Waals surface area contributed by atoms with Crippen LogP contribution in [0.1, 0.15) is 123 Å². The summed E-state index contributed by atoms with van der Waals surface area (Å²) in [7, 11) is 0. The third kappa shape index (κ3) is 16.3. The second kappa shape index (κ2) is 26.5. The molecule has 0 spiro atoms. The number of aliphatic hydroxyl groups excluding tert-OH is 8. The highest BCUT2D eigenvalue weighted by molar-refractivity contribution is 5.76. The average Bonchev–Trinajstić information content (AvgIpc) is 3.12. The number of rotatable bonds is 27. The largest absolute Gasteiger partial charge is 0.394 e. The normalized spacial score (nSPS) is 31.2. The first-order valence-corrected chi connectivity index (χ1v) is 19.4. The molecule has 2 aliphatic heterocycles. The van der Waals surface area contributed by atoms with Crippen molar-refractivity contribution in [2.45, 2.75) is 197 Å². The Bertz CT molecular complexity index is 925. The molecule has 0 aromatic carbocycles. The number of hydrogen-bond acceptors (Lipinski definition) is 13. The highest BCUT2D eigenvalue weighted by Gasteiger charge is 2.50. The standard InChI is InChI=1S/C37H69NO13/c1-3-5-7-9-10-11-12-13-14-15-16-17-19-21-29(42)38-25(26(41)20-18-8-6-4-2)24-48-36-34(47)32(45)35(28(23-40)50-36)51-37-33(46)31(44)30(43)27(22-39)49-37/h11-12,25-28,30-37,39-41,43-47H,3-10,13-24H2,1-2H3,(H,38,42)/b12-11-. The van der Waals surface area contributed by atoms with E-state index < -0.39 is 86.8 Å². The van der Waals surface area contributed by atoms with Crippen molar-refractivity contribution in [1.29, 1.82) is 0 Å². The van der Waals surface area contributed by atoms with E-state index in [0.29, 0.717) is 19.3 Å². The van der Waals surface area contributed by atoms with Crippen molar-refractivity contribution >= 4 is 5.91 Å². The van der Waals surface area contributed by atoms with Crippen LogP contribution in [0.4, 0.5) is 0 Å². The van der Waals surface area contributed by atoms with Crippen LogP contribution < -0.4 is 5.32 Å². The predicted molar refractivity (Wildman–Crippen MR) is 189 cm³/mol. The number of allylic oxidation sites excluding steroid dienone is 2. The van der Waals surface area contributed by atoms with E-state index in [0.717, 1.165) is 64.2 Å². The third-order valence-electron chi connectivity index (χ3n) is 9.73. The van der Waals surface area contributed by atoms with Gasteiger partial charge in [-0.05, 0) is 38.5 Å². The molecule has 300 valence electrons. The van der Waals surface area contributed by atoms with Gasteiger partial charge in [-0.25, -0.2) is 0 Å². The zero-order valence-electron chi connectivity index (χ0n) is 30.8. The van der Waals surface area contributed by atoms with Crippen molar-refractivity contribution in [3.05, 3.63) is 12.2 Å². The monoisotopic (exact) mass is 735 g/mol. The molecular formula is C37H69NO13. The number of ether oxygens (including phenoxy) is 4. The summed E-state index contributed by atoms with van der Waals surface area (Å²) in [4.78, 5) is 12.9. The van der Waals surface area contributed by atoms with Crippen LogP contribution in [-0.2, 0) is 23.7 Å². The summed E-state index contributed by atoms with van der Waals surface area (Å²) in [6, 6.07) is -0.823. The van der Waals surface area contributed by atoms with Gasteiger partial charge in [0.2, 0.25) is 5.91 Å². The van der Waals surface area contributed by atoms with Gasteiger partial charge in [0.05, 0.1) is 32.0 Å². The molecule has 2 aliphatic rings. The molecule has 51 heavy (non-hydrogen) atoms. The number of aliphatic hydroxyl groups is 8. The predicted octanol–water partition coefficient (Wildman–Crippen LogP) is 1.70. The highest BCUT2D eigenvalue weighted by Crippen LogP contribution is 2.30. The molecule has 1 amide bonds. The lowest BCUT2D eigenvalue weighted by molar-refractivity contribution is -0.359. The lowest BCUT2D eigenvalue weighted by Crippen LogP contribution is -2.65. The number of hydrogen-bond donors (Lipinski definition) is 9. The molecule has 9 N–H and O–H groups in total. The average molecular weight is 736 g/mol. The molecule has 0 aromatic heterocycles. The van der Waals surface area contributed by atoms with Gasteiger partial charge in [0.15, 0.2) is 12.6 Å². The fourth-order valence-corrected chi connectivity index (χ4v) is 6.40. The molecule has 14 nitrogen and oxygen atoms in total. The van der Waals surface area contributed by atoms with Gasteiger partial charge in [-0.3, -0.25) is 4.79 Å². The van der Waals surface area contributed by atoms with Crippen molar-refractivity contribution in [2.75, 3.05) is 19.8 Å². The van der Waals surface area contributed by atoms with Gasteiger partial charge < -0.3 is 65.1 Å². The third-order valence-corrected chi connectivity index (χ3v) is 9.73. The number of unbranched alkanes of at least 4 members (excludes halogenated alkanes) is 12. The van der Waals surface area contributed by atoms with Gasteiger partial charge in [0, 0.05) is 6.42 Å². The Morgan fingerprint density at radius 2 is 1.24 bits per heavy atom. The molecule has 0 aliphatic carbocycles. The van der Waals surface area contributed by atoms with Gasteiger partial charge in [-0.15, -0.1) is 0 Å². The molecule has 0 saturated carbocycles. The lowest BCUT2D eigenvalue weighted by atomic mass is 9.97. The lowest BCUT2D eigenvalue weighted by Gasteiger charge is -2.46. The molecule has 14 heteroatoms. The maximum absolute atomic E-state index is 12.9. The minimum absolute atomic E-state index is 0.228. The van der Waals surface area contributed by atoms with Gasteiger partial charge in [-0.2, -0.15) is 0 Å². The fraction of sp³-hybridized carbons (Fsp3) is 0.919. The topological polar surface area (TPSA) is 228 Å². The van der Waals surface area contributed by atoms with Crippen molar-refractivity contribution < 1.29 is 64.6 Å². The number of carbonyl (C=O) groups is 1. The van der Waals surface area contributed by atoms with E-state index in [9.17, 15) is 45.6 Å². The van der Waals surface area contributed by atoms with Crippen LogP contribution in [0.25, 0.3) is 0 Å². The van der Waals surface area contributed by atoms with E-state index in [1.165, 1.54) is 25.7 Å². The van der Waals surface area contributed by atoms with Gasteiger partial charge in [-0.1, -0.05) is 90.2 Å². The quantitative estimate of drug-likeness (QED) is 0.0433. The molecule has 12 unspecified atom stereocenters. The Hall–Kier alpha value is -1.27. The van der Waals surface area contributed by atoms with Crippen molar-refractivity contribution in [3.63, 3.8) is 0 Å². The molecule has 2 rings (SSSR count). The Balaban J connectivity index is 1.87. The number of carbonyl (C=O) groups excluding carboxylic acids is 1. The second-order valence-corrected chi connectivity index (χ2v) is 14.1. The summed E-state index contributed by atoms with van der Waals surface area (Å²) in [6.07, 6.45) is 4.54. The first-order chi connectivity index (χ1) is 24.6. The maximum Gasteiger partial charge on any atom is 0.220 e. The van der Waals surface area contributed by atoms with Crippen LogP contribution in [-0.4, -0.2) is 140 Å². The summed E-state index contributed by atoms with van der Waals surface area (Å²) in [5.74, 6) is -0.228. The molecule has 2 heterocycles. The van der Waals surface area contributed by atoms with Crippen LogP contribution >= 0.6 is 0 Å². The minimum Gasteiger partial charge on any atom is -0.394 e. The Morgan fingerprint density at radius 1 is 0.686 bits per heavy atom. The van der Waals surface area contributed by atoms with E-state index in [4.69, 9.17) is 18.9 Å². The fourth-order valence-electron chi connectivity index (χ4n) is 6.40. The molecule has 12 atom stereocenters. The van der Waals surface area contributed by atoms with Gasteiger partial charge in [0.25, 0.3) is 0 Å². The summed E-state index contributed by atoms with van der Waals surface area (Å²) >= 11 is 0. The zero-order chi connectivity index (χ0) is 37.6. The van der Waals surface area contributed by atoms with E-state index in [1.54, 1.807) is 0 Å². The van der Waals surface area contributed by atoms with E-state index >= 15 is 0 Å². The van der Waals surface area contributed by atoms with E-state index in [2.05, 4.69) is 31.3 Å². The molecule has 0 bridgehead atoms. The van der Waals surface area contributed by atoms with Crippen molar-refractivity contribution in [1.82, 2.24) is 5.32 Å². The maximum atomic E-state index is 12.9. The summed E-state index contributed by atoms with van der Waals surface area (Å²) in [5, 5.41) is 85.7. The van der Waals surface area contributed by atoms with Gasteiger partial charge >= 0.3 is 0 Å². The first kappa shape index (κ1) is 45.9. The number of amides is 1. The Kier molecular flexibility index (Phi) is 23.8. The zero-order valence-corrected chi connectivity index (χ0v) is 30.8. The Morgan fingerprint density at radius 3 is 1.86 bits per heavy atom. The molecule has 2 fully saturated rings. The minimum atomic E-state index is -1.78. The molecular weight excluding hydrogens is 666 g/mol. The van der Waals surface area contributed by atoms with Crippen LogP contribution in [0, 0.1) is 0 Å². The van der Waals surface area contributed by atoms with Crippen LogP contribution in [0.5, 0.6) is 0 Å². The van der Waals surface area contributed by atoms with Crippen molar-refractivity contribution in [2.24, 2.45) is 0 Å². The van der Waals surface area contributed by atoms with Crippen LogP contribution in [0.2, 0.25) is 0 Å². The number of nitrogens with one attached hydrogen (secondary N) is 1. The molecule has 0 aromatic rings. The summed E-state index contributed by atoms with van der Waals surface area (Å²) < 4.78 is 22.4. The molecule has 0 radical (unpaired) electrons. The van der Waals surface area contributed by atoms with Crippen LogP contribution in [0.3, 0.4) is 0 Å². The van der Waals surface area contributed by atoms with Gasteiger partial charge in [0.1, 0.15) is 48.8 Å². The summed E-state index contributed by atoms with van der Waals surface area (Å²) in [5.41, 5.74) is 0. The first-order valence-electron chi connectivity index (χ1n) is 19.4. The van der Waals surface area contributed by atoms with Crippen molar-refractivity contribution in [3.8, 4) is 0 Å². The highest BCUT2D eigenvalue weighted by atomic mass is 16.7. The molecule has 2 saturated heterocycles. The van der Waals surface area contributed by atoms with E-state index in [-0.39, 0.29) is 12.5 Å². The second-order valence-electron chi connectivity index (χ2n) is 14.1. The van der Waals surface area contributed by atoms with Crippen LogP contribution in [0.15, 0.2) is 12.2 Å². The SMILES string of the molecule is CCCCCC/C=C\CCCCCCCC(=O)NC(COC1OC(CO)C(OC2OC(CO)C(O)C(O)C2O)C(O)C1O)C(O)CCCCCC. The smallest absolute Gasteiger partial charge is 0.220 e. The Labute approximate surface area is 304 Å². The summed E-state index contributed by atoms with van der Waals surface area (Å²) in [6.45, 7) is 2.65.